The van der Waals surface area contributed by atoms with Gasteiger partial charge in [-0.3, -0.25) is 4.90 Å². The van der Waals surface area contributed by atoms with Crippen molar-refractivity contribution < 1.29 is 13.5 Å². The number of nitrogens with two attached hydrogens (primary N) is 1. The molecule has 2 aromatic carbocycles. The molecule has 172 valence electrons. The molecule has 1 unspecified atom stereocenters. The molecular formula is C24H32Cl2F2N2O. The first-order valence-electron chi connectivity index (χ1n) is 10.5. The highest BCUT2D eigenvalue weighted by molar-refractivity contribution is 5.85. The number of hydrogen-bond acceptors (Lipinski definition) is 3. The summed E-state index contributed by atoms with van der Waals surface area (Å²) in [6, 6.07) is 10.6. The summed E-state index contributed by atoms with van der Waals surface area (Å²) in [5, 5.41) is 0. The smallest absolute Gasteiger partial charge is 0.131 e. The number of nitrogens with zero attached hydrogens (tertiary/aromatic N) is 1. The van der Waals surface area contributed by atoms with Crippen molar-refractivity contribution in [1.82, 2.24) is 4.90 Å². The number of likely N-dealkylation sites (tertiary alicyclic amines) is 1. The van der Waals surface area contributed by atoms with Gasteiger partial charge in [-0.15, -0.1) is 24.8 Å². The number of ether oxygens (including phenoxy) is 1. The van der Waals surface area contributed by atoms with Crippen molar-refractivity contribution in [2.45, 2.75) is 57.8 Å². The van der Waals surface area contributed by atoms with Gasteiger partial charge in [0.15, 0.2) is 0 Å². The van der Waals surface area contributed by atoms with Crippen LogP contribution >= 0.6 is 24.8 Å². The quantitative estimate of drug-likeness (QED) is 0.582. The van der Waals surface area contributed by atoms with Crippen molar-refractivity contribution in [2.24, 2.45) is 5.92 Å². The lowest BCUT2D eigenvalue weighted by atomic mass is 9.59. The van der Waals surface area contributed by atoms with Gasteiger partial charge in [-0.05, 0) is 67.0 Å². The van der Waals surface area contributed by atoms with Crippen molar-refractivity contribution >= 4 is 30.5 Å². The monoisotopic (exact) mass is 472 g/mol. The molecule has 1 saturated heterocycles. The van der Waals surface area contributed by atoms with E-state index in [2.05, 4.69) is 30.9 Å². The summed E-state index contributed by atoms with van der Waals surface area (Å²) in [5.41, 5.74) is 10.0. The maximum Gasteiger partial charge on any atom is 0.131 e. The second-order valence-corrected chi connectivity index (χ2v) is 8.92. The number of anilines is 1. The second kappa shape index (κ2) is 10.0. The van der Waals surface area contributed by atoms with Gasteiger partial charge in [-0.25, -0.2) is 8.78 Å². The summed E-state index contributed by atoms with van der Waals surface area (Å²) >= 11 is 0. The first-order valence-corrected chi connectivity index (χ1v) is 10.5. The van der Waals surface area contributed by atoms with Gasteiger partial charge in [-0.1, -0.05) is 32.0 Å². The average Bonchev–Trinajstić information content (AvgIpc) is 2.67. The fourth-order valence-electron chi connectivity index (χ4n) is 5.28. The zero-order chi connectivity index (χ0) is 20.8. The number of halogens is 4. The van der Waals surface area contributed by atoms with Crippen LogP contribution in [0, 0.1) is 17.6 Å². The molecule has 2 aromatic rings. The molecule has 4 atom stereocenters. The Labute approximate surface area is 196 Å². The molecule has 7 heteroatoms. The first-order chi connectivity index (χ1) is 13.8. The maximum absolute atomic E-state index is 13.9. The van der Waals surface area contributed by atoms with Gasteiger partial charge in [0.1, 0.15) is 11.6 Å². The third-order valence-corrected chi connectivity index (χ3v) is 7.28. The fourth-order valence-corrected chi connectivity index (χ4v) is 5.28. The highest BCUT2D eigenvalue weighted by Crippen LogP contribution is 2.49. The molecule has 1 fully saturated rings. The van der Waals surface area contributed by atoms with Crippen LogP contribution in [0.2, 0.25) is 0 Å². The van der Waals surface area contributed by atoms with E-state index in [0.717, 1.165) is 31.6 Å². The zero-order valence-electron chi connectivity index (χ0n) is 18.2. The lowest BCUT2D eigenvalue weighted by Crippen LogP contribution is -2.59. The van der Waals surface area contributed by atoms with Crippen LogP contribution in [0.4, 0.5) is 14.5 Å². The summed E-state index contributed by atoms with van der Waals surface area (Å²) in [6.45, 7) is 8.35. The van der Waals surface area contributed by atoms with E-state index in [4.69, 9.17) is 10.5 Å². The predicted octanol–water partition coefficient (Wildman–Crippen LogP) is 5.52. The highest BCUT2D eigenvalue weighted by Gasteiger charge is 2.48. The Morgan fingerprint density at radius 3 is 2.48 bits per heavy atom. The van der Waals surface area contributed by atoms with Crippen LogP contribution in [0.3, 0.4) is 0 Å². The largest absolute Gasteiger partial charge is 0.398 e. The van der Waals surface area contributed by atoms with Gasteiger partial charge >= 0.3 is 0 Å². The second-order valence-electron chi connectivity index (χ2n) is 8.92. The Morgan fingerprint density at radius 1 is 1.16 bits per heavy atom. The minimum atomic E-state index is -0.557. The van der Waals surface area contributed by atoms with Gasteiger partial charge in [0.2, 0.25) is 0 Å². The molecule has 2 N–H and O–H groups in total. The number of benzene rings is 2. The van der Waals surface area contributed by atoms with E-state index >= 15 is 0 Å². The molecule has 2 aliphatic rings. The summed E-state index contributed by atoms with van der Waals surface area (Å²) in [4.78, 5) is 2.48. The first kappa shape index (κ1) is 25.9. The normalized spacial score (nSPS) is 25.7. The molecule has 0 saturated carbocycles. The van der Waals surface area contributed by atoms with Crippen LogP contribution in [0.5, 0.6) is 0 Å². The molecule has 0 amide bonds. The number of fused-ring (bicyclic) bond motifs is 4. The van der Waals surface area contributed by atoms with Crippen molar-refractivity contribution in [3.8, 4) is 0 Å². The summed E-state index contributed by atoms with van der Waals surface area (Å²) < 4.78 is 33.6. The van der Waals surface area contributed by atoms with Crippen LogP contribution in [-0.4, -0.2) is 30.1 Å². The van der Waals surface area contributed by atoms with Crippen LogP contribution in [-0.2, 0) is 23.2 Å². The van der Waals surface area contributed by atoms with Gasteiger partial charge in [-0.2, -0.15) is 0 Å². The van der Waals surface area contributed by atoms with Crippen molar-refractivity contribution in [1.29, 1.82) is 0 Å². The molecule has 0 spiro atoms. The average molecular weight is 473 g/mol. The third kappa shape index (κ3) is 4.70. The Bertz CT molecular complexity index is 893. The standard InChI is InChI=1S/C24H30F2N2O.2ClH/c1-15(29-14-18-20(25)7-5-8-21(18)26)13-28-11-10-24(3)16(2)23(28)12-17-19(24)6-4-9-22(17)27;;/h4-9,15-16,23H,10-14,27H2,1-3H3;2*1H/t15?,16-,23+,24-;;/m0../s1. The maximum atomic E-state index is 13.9. The summed E-state index contributed by atoms with van der Waals surface area (Å²) in [6.07, 6.45) is 1.88. The third-order valence-electron chi connectivity index (χ3n) is 7.28. The van der Waals surface area contributed by atoms with Crippen LogP contribution in [0.15, 0.2) is 36.4 Å². The molecule has 2 bridgehead atoms. The number of hydrogen-bond donors (Lipinski definition) is 1. The zero-order valence-corrected chi connectivity index (χ0v) is 19.9. The molecular weight excluding hydrogens is 441 g/mol. The Hall–Kier alpha value is -1.40. The van der Waals surface area contributed by atoms with E-state index in [-0.39, 0.29) is 48.5 Å². The molecule has 3 nitrogen and oxygen atoms in total. The van der Waals surface area contributed by atoms with E-state index < -0.39 is 11.6 Å². The molecule has 0 radical (unpaired) electrons. The van der Waals surface area contributed by atoms with Crippen LogP contribution < -0.4 is 5.73 Å². The van der Waals surface area contributed by atoms with E-state index in [9.17, 15) is 8.78 Å². The van der Waals surface area contributed by atoms with Gasteiger partial charge < -0.3 is 10.5 Å². The van der Waals surface area contributed by atoms with Crippen LogP contribution in [0.25, 0.3) is 0 Å². The number of nitrogen functional groups attached to an aromatic ring is 1. The number of rotatable bonds is 5. The number of piperidine rings is 1. The topological polar surface area (TPSA) is 38.5 Å². The minimum absolute atomic E-state index is 0. The lowest BCUT2D eigenvalue weighted by Gasteiger charge is -2.55. The molecule has 1 aliphatic carbocycles. The molecule has 0 aromatic heterocycles. The molecule has 1 aliphatic heterocycles. The highest BCUT2D eigenvalue weighted by atomic mass is 35.5. The SMILES string of the molecule is CC(CN1CC[C@]2(C)c3cccc(N)c3C[C@@H]1[C@@H]2C)OCc1c(F)cccc1F.Cl.Cl. The summed E-state index contributed by atoms with van der Waals surface area (Å²) in [7, 11) is 0. The molecule has 1 heterocycles. The van der Waals surface area contributed by atoms with Gasteiger partial charge in [0, 0.05) is 23.8 Å². The van der Waals surface area contributed by atoms with E-state index in [1.165, 1.54) is 29.3 Å². The van der Waals surface area contributed by atoms with Crippen molar-refractivity contribution in [3.63, 3.8) is 0 Å². The Kier molecular flexibility index (Phi) is 8.37. The summed E-state index contributed by atoms with van der Waals surface area (Å²) in [5.74, 6) is -0.611. The molecule has 31 heavy (non-hydrogen) atoms. The Morgan fingerprint density at radius 2 is 1.81 bits per heavy atom. The lowest BCUT2D eigenvalue weighted by molar-refractivity contribution is -0.0253. The van der Waals surface area contributed by atoms with E-state index in [0.29, 0.717) is 12.0 Å². The van der Waals surface area contributed by atoms with Gasteiger partial charge in [0.25, 0.3) is 0 Å². The van der Waals surface area contributed by atoms with Gasteiger partial charge in [0.05, 0.1) is 12.7 Å². The Balaban J connectivity index is 0.00000171. The van der Waals surface area contributed by atoms with Crippen molar-refractivity contribution in [3.05, 3.63) is 64.7 Å². The van der Waals surface area contributed by atoms with Crippen LogP contribution in [0.1, 0.15) is 43.9 Å². The molecule has 4 rings (SSSR count). The fraction of sp³-hybridized carbons (Fsp3) is 0.500. The minimum Gasteiger partial charge on any atom is -0.398 e. The van der Waals surface area contributed by atoms with E-state index in [1.54, 1.807) is 0 Å². The van der Waals surface area contributed by atoms with Crippen molar-refractivity contribution in [2.75, 3.05) is 18.8 Å². The van der Waals surface area contributed by atoms with E-state index in [1.807, 2.05) is 13.0 Å². The predicted molar refractivity (Wildman–Crippen MR) is 126 cm³/mol.